The van der Waals surface area contributed by atoms with Gasteiger partial charge < -0.3 is 9.80 Å². The van der Waals surface area contributed by atoms with E-state index in [1.54, 1.807) is 0 Å². The van der Waals surface area contributed by atoms with Crippen LogP contribution in [0.25, 0.3) is 38.8 Å². The molecule has 1 aliphatic heterocycles. The molecule has 0 amide bonds. The summed E-state index contributed by atoms with van der Waals surface area (Å²) in [7, 11) is 0. The SMILES string of the molecule is CC(C)(C)c1ccc(-c2ccc3c(c2)c2ccc(C(C)(C)c4cc(N5CN(c6cc(C(C)(C)C)cc(C(C)(C)C)c6)c6ccccc65)cc(C(C)(C)C)c4)cc2n3-c2cc(C(C)(C)c3ccccc3)ccn2)cc1. The first kappa shape index (κ1) is 50.6. The number of pyridine rings is 1. The van der Waals surface area contributed by atoms with E-state index < -0.39 is 0 Å². The van der Waals surface area contributed by atoms with E-state index in [4.69, 9.17) is 4.98 Å². The Labute approximate surface area is 443 Å². The van der Waals surface area contributed by atoms with Gasteiger partial charge in [-0.1, -0.05) is 208 Å². The predicted octanol–water partition coefficient (Wildman–Crippen LogP) is 18.9. The van der Waals surface area contributed by atoms with Crippen LogP contribution in [-0.2, 0) is 32.5 Å². The number of aromatic nitrogens is 2. The summed E-state index contributed by atoms with van der Waals surface area (Å²) in [6.45, 7) is 38.0. The molecule has 0 radical (unpaired) electrons. The third kappa shape index (κ3) is 9.24. The Kier molecular flexibility index (Phi) is 12.2. The molecule has 0 fully saturated rings. The van der Waals surface area contributed by atoms with Gasteiger partial charge in [-0.25, -0.2) is 4.98 Å². The number of hydrogen-bond donors (Lipinski definition) is 0. The van der Waals surface area contributed by atoms with Crippen LogP contribution in [0, 0.1) is 0 Å². The zero-order valence-corrected chi connectivity index (χ0v) is 47.2. The van der Waals surface area contributed by atoms with E-state index in [9.17, 15) is 0 Å². The topological polar surface area (TPSA) is 24.3 Å². The van der Waals surface area contributed by atoms with Crippen molar-refractivity contribution in [3.8, 4) is 16.9 Å². The summed E-state index contributed by atoms with van der Waals surface area (Å²) in [6, 6.07) is 62.3. The highest BCUT2D eigenvalue weighted by molar-refractivity contribution is 6.10. The molecule has 0 saturated heterocycles. The van der Waals surface area contributed by atoms with Crippen molar-refractivity contribution in [1.29, 1.82) is 0 Å². The van der Waals surface area contributed by atoms with Gasteiger partial charge in [0, 0.05) is 39.2 Å². The molecule has 1 aliphatic rings. The molecule has 7 aromatic carbocycles. The molecule has 2 aromatic heterocycles. The maximum absolute atomic E-state index is 5.18. The van der Waals surface area contributed by atoms with E-state index in [1.165, 1.54) is 89.2 Å². The summed E-state index contributed by atoms with van der Waals surface area (Å²) in [5.41, 5.74) is 19.4. The number of nitrogens with zero attached hydrogens (tertiary/aromatic N) is 4. The molecule has 74 heavy (non-hydrogen) atoms. The fourth-order valence-corrected chi connectivity index (χ4v) is 11.0. The Hall–Kier alpha value is -6.91. The smallest absolute Gasteiger partial charge is 0.137 e. The monoisotopic (exact) mass is 975 g/mol. The average Bonchev–Trinajstić information content (AvgIpc) is 3.91. The van der Waals surface area contributed by atoms with Crippen molar-refractivity contribution < 1.29 is 0 Å². The van der Waals surface area contributed by atoms with Gasteiger partial charge in [0.2, 0.25) is 0 Å². The number of anilines is 4. The minimum absolute atomic E-state index is 0.00946. The summed E-state index contributed by atoms with van der Waals surface area (Å²) in [5.74, 6) is 0.917. The van der Waals surface area contributed by atoms with Crippen LogP contribution in [0.15, 0.2) is 170 Å². The van der Waals surface area contributed by atoms with Crippen molar-refractivity contribution in [2.24, 2.45) is 0 Å². The molecule has 0 unspecified atom stereocenters. The van der Waals surface area contributed by atoms with Gasteiger partial charge in [-0.2, -0.15) is 0 Å². The Balaban J connectivity index is 1.12. The lowest BCUT2D eigenvalue weighted by Gasteiger charge is -2.32. The van der Waals surface area contributed by atoms with Crippen molar-refractivity contribution in [3.63, 3.8) is 0 Å². The molecule has 4 heteroatoms. The van der Waals surface area contributed by atoms with Crippen molar-refractivity contribution in [3.05, 3.63) is 214 Å². The van der Waals surface area contributed by atoms with Gasteiger partial charge in [0.05, 0.1) is 22.4 Å². The first-order chi connectivity index (χ1) is 34.7. The second-order valence-electron chi connectivity index (χ2n) is 26.4. The molecule has 0 spiro atoms. The lowest BCUT2D eigenvalue weighted by atomic mass is 9.75. The molecular weight excluding hydrogens is 897 g/mol. The highest BCUT2D eigenvalue weighted by Crippen LogP contribution is 2.48. The van der Waals surface area contributed by atoms with E-state index in [-0.39, 0.29) is 32.5 Å². The minimum Gasteiger partial charge on any atom is -0.321 e. The maximum Gasteiger partial charge on any atom is 0.137 e. The van der Waals surface area contributed by atoms with Gasteiger partial charge in [-0.05, 0) is 144 Å². The fourth-order valence-electron chi connectivity index (χ4n) is 11.0. The highest BCUT2D eigenvalue weighted by Gasteiger charge is 2.34. The summed E-state index contributed by atoms with van der Waals surface area (Å²) in [5, 5.41) is 2.43. The van der Waals surface area contributed by atoms with Gasteiger partial charge in [0.25, 0.3) is 0 Å². The van der Waals surface area contributed by atoms with Crippen LogP contribution in [0.4, 0.5) is 22.7 Å². The summed E-state index contributed by atoms with van der Waals surface area (Å²) in [6.07, 6.45) is 1.99. The summed E-state index contributed by atoms with van der Waals surface area (Å²) >= 11 is 0. The van der Waals surface area contributed by atoms with Crippen LogP contribution in [-0.4, -0.2) is 16.2 Å². The van der Waals surface area contributed by atoms with Crippen molar-refractivity contribution in [1.82, 2.24) is 9.55 Å². The largest absolute Gasteiger partial charge is 0.321 e. The Morgan fingerprint density at radius 2 is 0.811 bits per heavy atom. The third-order valence-electron chi connectivity index (χ3n) is 16.3. The van der Waals surface area contributed by atoms with Crippen LogP contribution in [0.3, 0.4) is 0 Å². The molecule has 0 bridgehead atoms. The second kappa shape index (κ2) is 17.9. The van der Waals surface area contributed by atoms with Crippen LogP contribution >= 0.6 is 0 Å². The Morgan fingerprint density at radius 1 is 0.338 bits per heavy atom. The fraction of sp³-hybridized carbons (Fsp3) is 0.329. The molecule has 0 atom stereocenters. The highest BCUT2D eigenvalue weighted by atomic mass is 15.4. The quantitative estimate of drug-likeness (QED) is 0.152. The first-order valence-electron chi connectivity index (χ1n) is 26.9. The molecule has 10 rings (SSSR count). The second-order valence-corrected chi connectivity index (χ2v) is 26.4. The van der Waals surface area contributed by atoms with Gasteiger partial charge in [-0.15, -0.1) is 0 Å². The number of fused-ring (bicyclic) bond motifs is 4. The third-order valence-corrected chi connectivity index (χ3v) is 16.3. The summed E-state index contributed by atoms with van der Waals surface area (Å²) in [4.78, 5) is 10.2. The summed E-state index contributed by atoms with van der Waals surface area (Å²) < 4.78 is 2.41. The average molecular weight is 975 g/mol. The number of para-hydroxylation sites is 2. The zero-order chi connectivity index (χ0) is 52.9. The zero-order valence-electron chi connectivity index (χ0n) is 47.2. The van der Waals surface area contributed by atoms with Gasteiger partial charge >= 0.3 is 0 Å². The van der Waals surface area contributed by atoms with Crippen molar-refractivity contribution in [2.75, 3.05) is 16.5 Å². The first-order valence-corrected chi connectivity index (χ1v) is 26.9. The molecule has 0 saturated carbocycles. The standard InChI is InChI=1S/C70H78N4/c1-65(2,3)48-29-26-46(27-30-48)47-28-33-60-59(36-47)58-32-31-50(43-63(58)74(60)64-44-51(34-35-71-64)69(13,14)49-22-18-17-19-23-49)70(15,16)55-38-54(68(10,11)12)41-57(42-55)73-45-72(61-24-20-21-25-62(61)73)56-39-52(66(4,5)6)37-53(40-56)67(7,8)9/h17-44H,45H2,1-16H3. The van der Waals surface area contributed by atoms with E-state index in [0.717, 1.165) is 16.9 Å². The lowest BCUT2D eigenvalue weighted by Crippen LogP contribution is -2.27. The van der Waals surface area contributed by atoms with E-state index in [2.05, 4.69) is 289 Å². The van der Waals surface area contributed by atoms with Crippen LogP contribution in [0.5, 0.6) is 0 Å². The van der Waals surface area contributed by atoms with E-state index in [0.29, 0.717) is 6.67 Å². The lowest BCUT2D eigenvalue weighted by molar-refractivity contribution is 0.568. The van der Waals surface area contributed by atoms with E-state index in [1.807, 2.05) is 6.20 Å². The normalized spacial score (nSPS) is 13.8. The van der Waals surface area contributed by atoms with Crippen molar-refractivity contribution in [2.45, 2.75) is 143 Å². The number of rotatable bonds is 8. The maximum atomic E-state index is 5.18. The molecule has 3 heterocycles. The van der Waals surface area contributed by atoms with Crippen molar-refractivity contribution >= 4 is 44.6 Å². The van der Waals surface area contributed by atoms with Gasteiger partial charge in [0.1, 0.15) is 12.5 Å². The van der Waals surface area contributed by atoms with Crippen LogP contribution in [0.2, 0.25) is 0 Å². The van der Waals surface area contributed by atoms with Crippen LogP contribution in [0.1, 0.15) is 155 Å². The molecule has 4 nitrogen and oxygen atoms in total. The molecule has 0 aliphatic carbocycles. The molecule has 9 aromatic rings. The van der Waals surface area contributed by atoms with Gasteiger partial charge in [-0.3, -0.25) is 4.57 Å². The van der Waals surface area contributed by atoms with Gasteiger partial charge in [0.15, 0.2) is 0 Å². The molecular formula is C70H78N4. The molecule has 378 valence electrons. The predicted molar refractivity (Wildman–Crippen MR) is 318 cm³/mol. The minimum atomic E-state index is -0.377. The Morgan fingerprint density at radius 3 is 1.36 bits per heavy atom. The van der Waals surface area contributed by atoms with Crippen LogP contribution < -0.4 is 9.80 Å². The number of benzene rings is 7. The number of hydrogen-bond acceptors (Lipinski definition) is 3. The Bertz CT molecular complexity index is 3530. The molecule has 0 N–H and O–H groups in total. The van der Waals surface area contributed by atoms with E-state index >= 15 is 0 Å².